The van der Waals surface area contributed by atoms with Gasteiger partial charge in [-0.25, -0.2) is 0 Å². The standard InChI is InChI=1S/C12H15N3O/c1-8-4-6-10(7-5-8)12-14-11(15-16-12)9(2)13-3/h4-7,9,13H,1-3H3. The van der Waals surface area contributed by atoms with Crippen LogP contribution in [0.2, 0.25) is 0 Å². The number of hydrogen-bond donors (Lipinski definition) is 1. The second-order valence-corrected chi connectivity index (χ2v) is 3.83. The van der Waals surface area contributed by atoms with E-state index in [1.807, 2.05) is 45.2 Å². The number of aromatic nitrogens is 2. The predicted molar refractivity (Wildman–Crippen MR) is 61.9 cm³/mol. The van der Waals surface area contributed by atoms with Crippen molar-refractivity contribution in [2.45, 2.75) is 19.9 Å². The highest BCUT2D eigenvalue weighted by Gasteiger charge is 2.12. The smallest absolute Gasteiger partial charge is 0.257 e. The highest BCUT2D eigenvalue weighted by atomic mass is 16.5. The molecular weight excluding hydrogens is 202 g/mol. The van der Waals surface area contributed by atoms with Crippen LogP contribution in [0.4, 0.5) is 0 Å². The highest BCUT2D eigenvalue weighted by molar-refractivity contribution is 5.53. The fourth-order valence-corrected chi connectivity index (χ4v) is 1.35. The van der Waals surface area contributed by atoms with Crippen LogP contribution in [0.1, 0.15) is 24.4 Å². The van der Waals surface area contributed by atoms with Gasteiger partial charge in [0, 0.05) is 5.56 Å². The number of nitrogens with one attached hydrogen (secondary N) is 1. The van der Waals surface area contributed by atoms with Gasteiger partial charge in [-0.2, -0.15) is 4.98 Å². The molecule has 16 heavy (non-hydrogen) atoms. The number of nitrogens with zero attached hydrogens (tertiary/aromatic N) is 2. The molecule has 4 nitrogen and oxygen atoms in total. The van der Waals surface area contributed by atoms with Gasteiger partial charge in [-0.1, -0.05) is 22.9 Å². The van der Waals surface area contributed by atoms with Crippen LogP contribution in [0.15, 0.2) is 28.8 Å². The molecule has 1 unspecified atom stereocenters. The van der Waals surface area contributed by atoms with Crippen molar-refractivity contribution in [2.75, 3.05) is 7.05 Å². The zero-order valence-electron chi connectivity index (χ0n) is 9.69. The van der Waals surface area contributed by atoms with E-state index in [2.05, 4.69) is 15.5 Å². The van der Waals surface area contributed by atoms with Gasteiger partial charge in [0.1, 0.15) is 0 Å². The zero-order valence-corrected chi connectivity index (χ0v) is 9.69. The number of rotatable bonds is 3. The third kappa shape index (κ3) is 2.12. The molecule has 0 aliphatic rings. The average Bonchev–Trinajstić information content (AvgIpc) is 2.78. The topological polar surface area (TPSA) is 51.0 Å². The molecule has 4 heteroatoms. The Morgan fingerprint density at radius 3 is 2.56 bits per heavy atom. The second kappa shape index (κ2) is 4.45. The molecule has 1 N–H and O–H groups in total. The molecule has 0 aliphatic carbocycles. The molecule has 1 heterocycles. The Kier molecular flexibility index (Phi) is 3.01. The second-order valence-electron chi connectivity index (χ2n) is 3.83. The molecule has 0 bridgehead atoms. The molecule has 1 aromatic carbocycles. The minimum absolute atomic E-state index is 0.1000. The highest BCUT2D eigenvalue weighted by Crippen LogP contribution is 2.19. The largest absolute Gasteiger partial charge is 0.334 e. The minimum atomic E-state index is 0.1000. The lowest BCUT2D eigenvalue weighted by atomic mass is 10.1. The summed E-state index contributed by atoms with van der Waals surface area (Å²) in [6.45, 7) is 4.04. The Morgan fingerprint density at radius 2 is 1.94 bits per heavy atom. The van der Waals surface area contributed by atoms with Gasteiger partial charge in [0.25, 0.3) is 5.89 Å². The molecule has 2 rings (SSSR count). The van der Waals surface area contributed by atoms with E-state index in [0.717, 1.165) is 5.56 Å². The summed E-state index contributed by atoms with van der Waals surface area (Å²) in [4.78, 5) is 4.34. The molecular formula is C12H15N3O. The Hall–Kier alpha value is -1.68. The molecule has 1 atom stereocenters. The maximum Gasteiger partial charge on any atom is 0.257 e. The molecule has 0 aliphatic heterocycles. The van der Waals surface area contributed by atoms with Crippen LogP contribution in [0.25, 0.3) is 11.5 Å². The van der Waals surface area contributed by atoms with E-state index in [9.17, 15) is 0 Å². The minimum Gasteiger partial charge on any atom is -0.334 e. The quantitative estimate of drug-likeness (QED) is 0.857. The lowest BCUT2D eigenvalue weighted by Gasteiger charge is -2.01. The SMILES string of the molecule is CNC(C)c1noc(-c2ccc(C)cc2)n1. The van der Waals surface area contributed by atoms with Crippen molar-refractivity contribution >= 4 is 0 Å². The van der Waals surface area contributed by atoms with E-state index in [-0.39, 0.29) is 6.04 Å². The van der Waals surface area contributed by atoms with E-state index >= 15 is 0 Å². The van der Waals surface area contributed by atoms with Gasteiger partial charge in [0.05, 0.1) is 6.04 Å². The summed E-state index contributed by atoms with van der Waals surface area (Å²) in [7, 11) is 1.87. The van der Waals surface area contributed by atoms with Crippen molar-refractivity contribution in [3.63, 3.8) is 0 Å². The fraction of sp³-hybridized carbons (Fsp3) is 0.333. The first-order valence-corrected chi connectivity index (χ1v) is 5.28. The Balaban J connectivity index is 2.28. The molecule has 0 fully saturated rings. The number of benzene rings is 1. The molecule has 0 radical (unpaired) electrons. The number of aryl methyl sites for hydroxylation is 1. The van der Waals surface area contributed by atoms with E-state index in [4.69, 9.17) is 4.52 Å². The average molecular weight is 217 g/mol. The van der Waals surface area contributed by atoms with Gasteiger partial charge in [-0.05, 0) is 33.0 Å². The van der Waals surface area contributed by atoms with Crippen molar-refractivity contribution in [2.24, 2.45) is 0 Å². The lowest BCUT2D eigenvalue weighted by Crippen LogP contribution is -2.13. The summed E-state index contributed by atoms with van der Waals surface area (Å²) in [6.07, 6.45) is 0. The van der Waals surface area contributed by atoms with Crippen molar-refractivity contribution in [1.82, 2.24) is 15.5 Å². The molecule has 1 aromatic heterocycles. The molecule has 2 aromatic rings. The zero-order chi connectivity index (χ0) is 11.5. The summed E-state index contributed by atoms with van der Waals surface area (Å²) < 4.78 is 5.21. The monoisotopic (exact) mass is 217 g/mol. The first-order chi connectivity index (χ1) is 7.70. The molecule has 0 saturated carbocycles. The molecule has 84 valence electrons. The summed E-state index contributed by atoms with van der Waals surface area (Å²) >= 11 is 0. The lowest BCUT2D eigenvalue weighted by molar-refractivity contribution is 0.413. The Labute approximate surface area is 94.7 Å². The summed E-state index contributed by atoms with van der Waals surface area (Å²) in [5.74, 6) is 1.25. The molecule has 0 amide bonds. The molecule has 0 spiro atoms. The van der Waals surface area contributed by atoms with E-state index in [1.165, 1.54) is 5.56 Å². The first-order valence-electron chi connectivity index (χ1n) is 5.28. The van der Waals surface area contributed by atoms with E-state index in [0.29, 0.717) is 11.7 Å². The van der Waals surface area contributed by atoms with Crippen LogP contribution in [0.3, 0.4) is 0 Å². The summed E-state index contributed by atoms with van der Waals surface area (Å²) in [6, 6.07) is 8.12. The Bertz CT molecular complexity index is 461. The predicted octanol–water partition coefficient (Wildman–Crippen LogP) is 2.33. The van der Waals surface area contributed by atoms with Crippen molar-refractivity contribution in [3.8, 4) is 11.5 Å². The van der Waals surface area contributed by atoms with Crippen molar-refractivity contribution < 1.29 is 4.52 Å². The summed E-state index contributed by atoms with van der Waals surface area (Å²) in [5, 5.41) is 7.01. The summed E-state index contributed by atoms with van der Waals surface area (Å²) in [5.41, 5.74) is 2.17. The normalized spacial score (nSPS) is 12.7. The van der Waals surface area contributed by atoms with Gasteiger partial charge in [-0.3, -0.25) is 0 Å². The van der Waals surface area contributed by atoms with Crippen LogP contribution in [-0.2, 0) is 0 Å². The van der Waals surface area contributed by atoms with Crippen molar-refractivity contribution in [3.05, 3.63) is 35.7 Å². The van der Waals surface area contributed by atoms with Crippen LogP contribution in [0, 0.1) is 6.92 Å². The molecule has 0 saturated heterocycles. The van der Waals surface area contributed by atoms with E-state index in [1.54, 1.807) is 0 Å². The maximum absolute atomic E-state index is 5.21. The van der Waals surface area contributed by atoms with Crippen LogP contribution < -0.4 is 5.32 Å². The van der Waals surface area contributed by atoms with Gasteiger partial charge in [-0.15, -0.1) is 0 Å². The fourth-order valence-electron chi connectivity index (χ4n) is 1.35. The third-order valence-corrected chi connectivity index (χ3v) is 2.56. The van der Waals surface area contributed by atoms with Gasteiger partial charge < -0.3 is 9.84 Å². The first kappa shape index (κ1) is 10.8. The van der Waals surface area contributed by atoms with Crippen LogP contribution in [0.5, 0.6) is 0 Å². The van der Waals surface area contributed by atoms with E-state index < -0.39 is 0 Å². The van der Waals surface area contributed by atoms with Gasteiger partial charge in [0.15, 0.2) is 5.82 Å². The van der Waals surface area contributed by atoms with Crippen molar-refractivity contribution in [1.29, 1.82) is 0 Å². The van der Waals surface area contributed by atoms with Crippen LogP contribution >= 0.6 is 0 Å². The van der Waals surface area contributed by atoms with Crippen LogP contribution in [-0.4, -0.2) is 17.2 Å². The Morgan fingerprint density at radius 1 is 1.25 bits per heavy atom. The van der Waals surface area contributed by atoms with Gasteiger partial charge >= 0.3 is 0 Å². The van der Waals surface area contributed by atoms with Gasteiger partial charge in [0.2, 0.25) is 0 Å². The maximum atomic E-state index is 5.21. The third-order valence-electron chi connectivity index (χ3n) is 2.56. The number of hydrogen-bond acceptors (Lipinski definition) is 4.